The van der Waals surface area contributed by atoms with E-state index >= 15 is 0 Å². The molecule has 0 amide bonds. The standard InChI is InChI=1S/C10H18SSi2/c1-12(13(2,3)4)10-8-6-5-7-9(10)11/h5-8,11-12H,1-4H3. The first-order chi connectivity index (χ1) is 5.93. The van der Waals surface area contributed by atoms with Crippen LogP contribution in [-0.2, 0) is 0 Å². The Bertz CT molecular complexity index is 291. The number of benzene rings is 1. The van der Waals surface area contributed by atoms with Gasteiger partial charge in [-0.15, -0.1) is 12.6 Å². The maximum Gasteiger partial charge on any atom is 0.0629 e. The van der Waals surface area contributed by atoms with Crippen LogP contribution in [0.4, 0.5) is 0 Å². The Morgan fingerprint density at radius 1 is 1.15 bits per heavy atom. The van der Waals surface area contributed by atoms with Gasteiger partial charge in [0.25, 0.3) is 0 Å². The van der Waals surface area contributed by atoms with Crippen molar-refractivity contribution in [1.82, 2.24) is 0 Å². The van der Waals surface area contributed by atoms with Crippen molar-refractivity contribution >= 4 is 33.7 Å². The molecule has 13 heavy (non-hydrogen) atoms. The highest BCUT2D eigenvalue weighted by molar-refractivity contribution is 7.80. The van der Waals surface area contributed by atoms with Crippen LogP contribution >= 0.6 is 12.6 Å². The van der Waals surface area contributed by atoms with Crippen molar-refractivity contribution < 1.29 is 0 Å². The lowest BCUT2D eigenvalue weighted by Crippen LogP contribution is -2.49. The third kappa shape index (κ3) is 2.72. The molecule has 0 radical (unpaired) electrons. The van der Waals surface area contributed by atoms with E-state index in [2.05, 4.69) is 63.1 Å². The molecule has 0 heterocycles. The predicted octanol–water partition coefficient (Wildman–Crippen LogP) is 2.46. The lowest BCUT2D eigenvalue weighted by molar-refractivity contribution is 1.53. The molecule has 1 aromatic rings. The average Bonchev–Trinajstić information content (AvgIpc) is 2.02. The van der Waals surface area contributed by atoms with Gasteiger partial charge in [0.2, 0.25) is 0 Å². The van der Waals surface area contributed by atoms with Crippen molar-refractivity contribution in [1.29, 1.82) is 0 Å². The van der Waals surface area contributed by atoms with Crippen molar-refractivity contribution in [2.45, 2.75) is 31.1 Å². The van der Waals surface area contributed by atoms with Crippen LogP contribution in [0.25, 0.3) is 0 Å². The van der Waals surface area contributed by atoms with E-state index in [0.717, 1.165) is 0 Å². The average molecular weight is 226 g/mol. The maximum atomic E-state index is 4.53. The summed E-state index contributed by atoms with van der Waals surface area (Å²) < 4.78 is 0. The van der Waals surface area contributed by atoms with Gasteiger partial charge in [-0.2, -0.15) is 0 Å². The largest absolute Gasteiger partial charge is 0.144 e. The van der Waals surface area contributed by atoms with E-state index in [1.807, 2.05) is 0 Å². The zero-order chi connectivity index (χ0) is 10.1. The summed E-state index contributed by atoms with van der Waals surface area (Å²) in [5.74, 6) is 0. The summed E-state index contributed by atoms with van der Waals surface area (Å²) in [5, 5.41) is 1.55. The van der Waals surface area contributed by atoms with E-state index < -0.39 is 15.9 Å². The van der Waals surface area contributed by atoms with Crippen LogP contribution in [0.1, 0.15) is 0 Å². The Morgan fingerprint density at radius 3 is 2.15 bits per heavy atom. The zero-order valence-electron chi connectivity index (χ0n) is 8.83. The highest BCUT2D eigenvalue weighted by Crippen LogP contribution is 2.11. The van der Waals surface area contributed by atoms with E-state index in [4.69, 9.17) is 0 Å². The molecule has 1 rings (SSSR count). The molecule has 0 aliphatic carbocycles. The number of hydrogen-bond acceptors (Lipinski definition) is 1. The minimum absolute atomic E-state index is 0.726. The van der Waals surface area contributed by atoms with Gasteiger partial charge in [0.15, 0.2) is 0 Å². The van der Waals surface area contributed by atoms with Gasteiger partial charge in [-0.25, -0.2) is 0 Å². The number of hydrogen-bond donors (Lipinski definition) is 1. The Morgan fingerprint density at radius 2 is 1.69 bits per heavy atom. The monoisotopic (exact) mass is 226 g/mol. The van der Waals surface area contributed by atoms with E-state index in [9.17, 15) is 0 Å². The Hall–Kier alpha value is 0.00377. The van der Waals surface area contributed by atoms with Gasteiger partial charge in [-0.3, -0.25) is 0 Å². The van der Waals surface area contributed by atoms with Crippen molar-refractivity contribution in [3.05, 3.63) is 24.3 Å². The molecule has 0 fully saturated rings. The summed E-state index contributed by atoms with van der Waals surface area (Å²) in [7, 11) is -1.67. The molecule has 0 aliphatic heterocycles. The van der Waals surface area contributed by atoms with Gasteiger partial charge < -0.3 is 0 Å². The van der Waals surface area contributed by atoms with Crippen LogP contribution in [0.2, 0.25) is 26.2 Å². The van der Waals surface area contributed by atoms with Crippen LogP contribution in [0.15, 0.2) is 29.2 Å². The molecule has 0 aromatic heterocycles. The first-order valence-electron chi connectivity index (χ1n) is 4.71. The summed E-state index contributed by atoms with van der Waals surface area (Å²) >= 11 is 4.53. The van der Waals surface area contributed by atoms with Crippen LogP contribution in [0.3, 0.4) is 0 Å². The fraction of sp³-hybridized carbons (Fsp3) is 0.400. The van der Waals surface area contributed by atoms with Crippen molar-refractivity contribution in [3.63, 3.8) is 0 Å². The fourth-order valence-corrected chi connectivity index (χ4v) is 7.85. The van der Waals surface area contributed by atoms with Crippen LogP contribution in [-0.4, -0.2) is 15.9 Å². The Kier molecular flexibility index (Phi) is 3.43. The number of thiol groups is 1. The topological polar surface area (TPSA) is 0 Å². The molecule has 1 unspecified atom stereocenters. The molecule has 0 N–H and O–H groups in total. The first kappa shape index (κ1) is 11.1. The van der Waals surface area contributed by atoms with Crippen molar-refractivity contribution in [3.8, 4) is 0 Å². The van der Waals surface area contributed by atoms with Gasteiger partial charge in [0.05, 0.1) is 8.31 Å². The molecule has 0 saturated heterocycles. The SMILES string of the molecule is C[SiH](c1ccccc1S)[Si](C)(C)C. The Balaban J connectivity index is 3.02. The van der Waals surface area contributed by atoms with Gasteiger partial charge in [0.1, 0.15) is 0 Å². The lowest BCUT2D eigenvalue weighted by atomic mass is 10.4. The predicted molar refractivity (Wildman–Crippen MR) is 69.7 cm³/mol. The first-order valence-corrected chi connectivity index (χ1v) is 12.2. The molecular weight excluding hydrogens is 208 g/mol. The highest BCUT2D eigenvalue weighted by Gasteiger charge is 2.26. The van der Waals surface area contributed by atoms with Crippen LogP contribution in [0, 0.1) is 0 Å². The molecular formula is C10H18SSi2. The summed E-state index contributed by atoms with van der Waals surface area (Å²) in [6.45, 7) is 9.85. The maximum absolute atomic E-state index is 4.53. The molecule has 0 bridgehead atoms. The quantitative estimate of drug-likeness (QED) is 0.581. The van der Waals surface area contributed by atoms with Gasteiger partial charge in [-0.05, 0) is 6.07 Å². The Labute approximate surface area is 89.2 Å². The van der Waals surface area contributed by atoms with Crippen molar-refractivity contribution in [2.75, 3.05) is 0 Å². The molecule has 0 aliphatic rings. The van der Waals surface area contributed by atoms with Gasteiger partial charge in [0, 0.05) is 12.5 Å². The zero-order valence-corrected chi connectivity index (χ0v) is 11.9. The fourth-order valence-electron chi connectivity index (χ4n) is 1.32. The van der Waals surface area contributed by atoms with Gasteiger partial charge >= 0.3 is 0 Å². The molecule has 3 heteroatoms. The van der Waals surface area contributed by atoms with E-state index in [1.54, 1.807) is 5.19 Å². The normalized spacial score (nSPS) is 14.2. The smallest absolute Gasteiger partial charge is 0.0629 e. The summed E-state index contributed by atoms with van der Waals surface area (Å²) in [5.41, 5.74) is 0. The van der Waals surface area contributed by atoms with E-state index in [-0.39, 0.29) is 0 Å². The molecule has 1 aromatic carbocycles. The second-order valence-corrected chi connectivity index (χ2v) is 19.7. The minimum Gasteiger partial charge on any atom is -0.144 e. The van der Waals surface area contributed by atoms with Crippen LogP contribution in [0.5, 0.6) is 0 Å². The molecule has 0 nitrogen and oxygen atoms in total. The molecule has 0 spiro atoms. The van der Waals surface area contributed by atoms with Crippen molar-refractivity contribution in [2.24, 2.45) is 0 Å². The minimum atomic E-state index is -0.943. The second-order valence-electron chi connectivity index (χ2n) is 4.65. The number of rotatable bonds is 2. The van der Waals surface area contributed by atoms with E-state index in [0.29, 0.717) is 0 Å². The molecule has 72 valence electrons. The highest BCUT2D eigenvalue weighted by atomic mass is 32.1. The second kappa shape index (κ2) is 4.02. The summed E-state index contributed by atoms with van der Waals surface area (Å²) in [6, 6.07) is 8.58. The molecule has 1 atom stereocenters. The third-order valence-electron chi connectivity index (χ3n) is 2.70. The lowest BCUT2D eigenvalue weighted by Gasteiger charge is -2.25. The van der Waals surface area contributed by atoms with Gasteiger partial charge in [-0.1, -0.05) is 49.6 Å². The molecule has 0 saturated carbocycles. The third-order valence-corrected chi connectivity index (χ3v) is 16.1. The summed E-state index contributed by atoms with van der Waals surface area (Å²) in [4.78, 5) is 1.20. The van der Waals surface area contributed by atoms with E-state index in [1.165, 1.54) is 4.90 Å². The summed E-state index contributed by atoms with van der Waals surface area (Å²) in [6.07, 6.45) is 0. The van der Waals surface area contributed by atoms with Crippen LogP contribution < -0.4 is 5.19 Å².